The first kappa shape index (κ1) is 10.5. The minimum absolute atomic E-state index is 0.502. The van der Waals surface area contributed by atoms with Crippen molar-refractivity contribution in [2.75, 3.05) is 11.4 Å². The van der Waals surface area contributed by atoms with Crippen molar-refractivity contribution >= 4 is 17.4 Å². The van der Waals surface area contributed by atoms with Crippen LogP contribution in [-0.2, 0) is 19.0 Å². The number of rotatable bonds is 2. The zero-order valence-corrected chi connectivity index (χ0v) is 10.0. The third kappa shape index (κ3) is 1.98. The van der Waals surface area contributed by atoms with Crippen LogP contribution in [0.1, 0.15) is 11.4 Å². The Hall–Kier alpha value is -1.62. The van der Waals surface area contributed by atoms with E-state index in [0.717, 1.165) is 36.8 Å². The zero-order valence-electron chi connectivity index (χ0n) is 9.25. The van der Waals surface area contributed by atoms with E-state index >= 15 is 0 Å². The second kappa shape index (κ2) is 4.33. The van der Waals surface area contributed by atoms with Crippen LogP contribution in [0, 0.1) is 0 Å². The van der Waals surface area contributed by atoms with Crippen LogP contribution in [0.3, 0.4) is 0 Å². The predicted octanol–water partition coefficient (Wildman–Crippen LogP) is 1.43. The van der Waals surface area contributed by atoms with Gasteiger partial charge in [-0.05, 0) is 11.6 Å². The van der Waals surface area contributed by atoms with Gasteiger partial charge in [0.1, 0.15) is 12.1 Å². The molecule has 0 bridgehead atoms. The standard InChI is InChI=1S/C11H12ClN5/c12-5-9-1-2-10(13-6-9)16-3-4-17-8-14-15-11(17)7-16/h1-2,6,8H,3-5,7H2. The second-order valence-electron chi connectivity index (χ2n) is 4.02. The highest BCUT2D eigenvalue weighted by Gasteiger charge is 2.18. The fourth-order valence-corrected chi connectivity index (χ4v) is 2.10. The van der Waals surface area contributed by atoms with Gasteiger partial charge in [0.2, 0.25) is 0 Å². The Morgan fingerprint density at radius 1 is 1.29 bits per heavy atom. The quantitative estimate of drug-likeness (QED) is 0.756. The molecule has 0 spiro atoms. The molecule has 88 valence electrons. The molecule has 0 N–H and O–H groups in total. The number of nitrogens with zero attached hydrogens (tertiary/aromatic N) is 5. The number of alkyl halides is 1. The average Bonchev–Trinajstić information content (AvgIpc) is 2.86. The van der Waals surface area contributed by atoms with Gasteiger partial charge >= 0.3 is 0 Å². The Morgan fingerprint density at radius 3 is 3.00 bits per heavy atom. The minimum atomic E-state index is 0.502. The van der Waals surface area contributed by atoms with Crippen LogP contribution < -0.4 is 4.90 Å². The lowest BCUT2D eigenvalue weighted by Crippen LogP contribution is -2.34. The van der Waals surface area contributed by atoms with E-state index < -0.39 is 0 Å². The van der Waals surface area contributed by atoms with E-state index in [1.165, 1.54) is 0 Å². The molecular weight excluding hydrogens is 238 g/mol. The van der Waals surface area contributed by atoms with E-state index in [1.807, 2.05) is 18.3 Å². The number of pyridine rings is 1. The van der Waals surface area contributed by atoms with Gasteiger partial charge in [0.25, 0.3) is 0 Å². The highest BCUT2D eigenvalue weighted by atomic mass is 35.5. The second-order valence-corrected chi connectivity index (χ2v) is 4.29. The van der Waals surface area contributed by atoms with Crippen LogP contribution in [0.4, 0.5) is 5.82 Å². The highest BCUT2D eigenvalue weighted by Crippen LogP contribution is 2.18. The molecule has 2 aromatic heterocycles. The molecule has 0 aromatic carbocycles. The summed E-state index contributed by atoms with van der Waals surface area (Å²) in [7, 11) is 0. The van der Waals surface area contributed by atoms with E-state index in [1.54, 1.807) is 6.33 Å². The Labute approximate surface area is 104 Å². The molecule has 0 atom stereocenters. The lowest BCUT2D eigenvalue weighted by Gasteiger charge is -2.27. The Kier molecular flexibility index (Phi) is 2.68. The Morgan fingerprint density at radius 2 is 2.24 bits per heavy atom. The first-order valence-corrected chi connectivity index (χ1v) is 6.03. The number of anilines is 1. The van der Waals surface area contributed by atoms with Crippen molar-refractivity contribution < 1.29 is 0 Å². The molecule has 5 nitrogen and oxygen atoms in total. The molecule has 6 heteroatoms. The first-order chi connectivity index (χ1) is 8.36. The van der Waals surface area contributed by atoms with E-state index in [-0.39, 0.29) is 0 Å². The van der Waals surface area contributed by atoms with Gasteiger partial charge in [-0.3, -0.25) is 0 Å². The number of hydrogen-bond acceptors (Lipinski definition) is 4. The monoisotopic (exact) mass is 249 g/mol. The molecule has 3 heterocycles. The lowest BCUT2D eigenvalue weighted by atomic mass is 10.3. The van der Waals surface area contributed by atoms with Gasteiger partial charge in [-0.25, -0.2) is 4.98 Å². The van der Waals surface area contributed by atoms with E-state index in [9.17, 15) is 0 Å². The van der Waals surface area contributed by atoms with Crippen molar-refractivity contribution in [3.63, 3.8) is 0 Å². The molecule has 0 saturated carbocycles. The SMILES string of the molecule is ClCc1ccc(N2CCn3cnnc3C2)nc1. The topological polar surface area (TPSA) is 46.8 Å². The lowest BCUT2D eigenvalue weighted by molar-refractivity contribution is 0.556. The molecule has 1 aliphatic rings. The van der Waals surface area contributed by atoms with Gasteiger partial charge in [-0.15, -0.1) is 21.8 Å². The maximum atomic E-state index is 5.74. The van der Waals surface area contributed by atoms with Crippen LogP contribution >= 0.6 is 11.6 Å². The van der Waals surface area contributed by atoms with Crippen molar-refractivity contribution in [3.8, 4) is 0 Å². The first-order valence-electron chi connectivity index (χ1n) is 5.49. The van der Waals surface area contributed by atoms with E-state index in [2.05, 4.69) is 24.6 Å². The van der Waals surface area contributed by atoms with Gasteiger partial charge in [0.05, 0.1) is 6.54 Å². The fraction of sp³-hybridized carbons (Fsp3) is 0.364. The molecule has 0 radical (unpaired) electrons. The molecule has 0 aliphatic carbocycles. The Balaban J connectivity index is 1.81. The molecule has 3 rings (SSSR count). The molecule has 0 amide bonds. The normalized spacial score (nSPS) is 14.8. The summed E-state index contributed by atoms with van der Waals surface area (Å²) in [5.74, 6) is 2.45. The smallest absolute Gasteiger partial charge is 0.152 e. The summed E-state index contributed by atoms with van der Waals surface area (Å²) in [5, 5.41) is 8.00. The van der Waals surface area contributed by atoms with Crippen LogP contribution in [0.2, 0.25) is 0 Å². The number of halogens is 1. The Bertz CT molecular complexity index is 507. The summed E-state index contributed by atoms with van der Waals surface area (Å²) in [6, 6.07) is 4.01. The summed E-state index contributed by atoms with van der Waals surface area (Å²) in [6.07, 6.45) is 3.60. The van der Waals surface area contributed by atoms with Crippen LogP contribution in [0.25, 0.3) is 0 Å². The van der Waals surface area contributed by atoms with Crippen molar-refractivity contribution in [1.82, 2.24) is 19.7 Å². The van der Waals surface area contributed by atoms with Crippen molar-refractivity contribution in [2.45, 2.75) is 19.0 Å². The van der Waals surface area contributed by atoms with Crippen LogP contribution in [-0.4, -0.2) is 26.3 Å². The average molecular weight is 250 g/mol. The summed E-state index contributed by atoms with van der Waals surface area (Å²) in [6.45, 7) is 2.59. The van der Waals surface area contributed by atoms with Gasteiger partial charge in [-0.2, -0.15) is 0 Å². The van der Waals surface area contributed by atoms with E-state index in [4.69, 9.17) is 11.6 Å². The highest BCUT2D eigenvalue weighted by molar-refractivity contribution is 6.17. The molecule has 0 unspecified atom stereocenters. The zero-order chi connectivity index (χ0) is 11.7. The van der Waals surface area contributed by atoms with Crippen molar-refractivity contribution in [1.29, 1.82) is 0 Å². The third-order valence-electron chi connectivity index (χ3n) is 2.93. The predicted molar refractivity (Wildman–Crippen MR) is 64.9 cm³/mol. The van der Waals surface area contributed by atoms with Gasteiger partial charge in [0, 0.05) is 25.2 Å². The summed E-state index contributed by atoms with van der Waals surface area (Å²) < 4.78 is 2.07. The number of fused-ring (bicyclic) bond motifs is 1. The molecular formula is C11H12ClN5. The van der Waals surface area contributed by atoms with Gasteiger partial charge < -0.3 is 9.47 Å². The molecule has 0 saturated heterocycles. The largest absolute Gasteiger partial charge is 0.347 e. The summed E-state index contributed by atoms with van der Waals surface area (Å²) in [4.78, 5) is 6.61. The van der Waals surface area contributed by atoms with E-state index in [0.29, 0.717) is 5.88 Å². The number of aromatic nitrogens is 4. The molecule has 0 fully saturated rings. The summed E-state index contributed by atoms with van der Waals surface area (Å²) in [5.41, 5.74) is 1.04. The number of hydrogen-bond donors (Lipinski definition) is 0. The molecule has 17 heavy (non-hydrogen) atoms. The fourth-order valence-electron chi connectivity index (χ4n) is 1.94. The maximum absolute atomic E-state index is 5.74. The van der Waals surface area contributed by atoms with Crippen LogP contribution in [0.15, 0.2) is 24.7 Å². The third-order valence-corrected chi connectivity index (χ3v) is 3.23. The molecule has 2 aromatic rings. The van der Waals surface area contributed by atoms with Gasteiger partial charge in [0.15, 0.2) is 5.82 Å². The molecule has 1 aliphatic heterocycles. The van der Waals surface area contributed by atoms with Gasteiger partial charge in [-0.1, -0.05) is 6.07 Å². The van der Waals surface area contributed by atoms with Crippen molar-refractivity contribution in [2.24, 2.45) is 0 Å². The maximum Gasteiger partial charge on any atom is 0.152 e. The summed E-state index contributed by atoms with van der Waals surface area (Å²) >= 11 is 5.74. The van der Waals surface area contributed by atoms with Crippen LogP contribution in [0.5, 0.6) is 0 Å². The minimum Gasteiger partial charge on any atom is -0.347 e. The van der Waals surface area contributed by atoms with Crippen molar-refractivity contribution in [3.05, 3.63) is 36.0 Å².